The van der Waals surface area contributed by atoms with Gasteiger partial charge >= 0.3 is 0 Å². The van der Waals surface area contributed by atoms with E-state index in [1.54, 1.807) is 62.0 Å². The number of benzene rings is 3. The molecule has 1 saturated heterocycles. The monoisotopic (exact) mass is 506 g/mol. The van der Waals surface area contributed by atoms with Gasteiger partial charge in [-0.05, 0) is 58.3 Å². The highest BCUT2D eigenvalue weighted by Gasteiger charge is 2.46. The number of hydrogen-bond acceptors (Lipinski definition) is 6. The SMILES string of the molecule is C=CCOc1cccc(C2/C(=C(\O)c3ccc4cc(OC)ccc4c3)C(=O)C(=O)N2Cc2cccnc2)c1. The number of Topliss-reactive ketones (excluding diaryl/α,β-unsaturated/α-hetero) is 1. The fraction of sp³-hybridized carbons (Fsp3) is 0.129. The second-order valence-electron chi connectivity index (χ2n) is 8.89. The molecule has 0 spiro atoms. The van der Waals surface area contributed by atoms with Crippen molar-refractivity contribution in [3.63, 3.8) is 0 Å². The Hall–Kier alpha value is -4.91. The third-order valence-electron chi connectivity index (χ3n) is 6.48. The molecule has 1 unspecified atom stereocenters. The van der Waals surface area contributed by atoms with Crippen LogP contribution >= 0.6 is 0 Å². The number of pyridine rings is 1. The molecule has 0 aliphatic carbocycles. The topological polar surface area (TPSA) is 89.0 Å². The van der Waals surface area contributed by atoms with Crippen LogP contribution in [0.5, 0.6) is 11.5 Å². The molecule has 0 saturated carbocycles. The first-order chi connectivity index (χ1) is 18.5. The molecular formula is C31H26N2O5. The van der Waals surface area contributed by atoms with Crippen molar-refractivity contribution in [3.05, 3.63) is 120 Å². The Morgan fingerprint density at radius 3 is 2.61 bits per heavy atom. The fourth-order valence-electron chi connectivity index (χ4n) is 4.66. The predicted molar refractivity (Wildman–Crippen MR) is 145 cm³/mol. The molecule has 1 aromatic heterocycles. The van der Waals surface area contributed by atoms with Crippen molar-refractivity contribution in [2.45, 2.75) is 12.6 Å². The Bertz CT molecular complexity index is 1560. The van der Waals surface area contributed by atoms with Crippen LogP contribution in [0, 0.1) is 0 Å². The number of aromatic nitrogens is 1. The Kier molecular flexibility index (Phi) is 6.91. The van der Waals surface area contributed by atoms with Crippen molar-refractivity contribution in [1.29, 1.82) is 0 Å². The van der Waals surface area contributed by atoms with Gasteiger partial charge in [0.25, 0.3) is 11.7 Å². The van der Waals surface area contributed by atoms with E-state index in [9.17, 15) is 14.7 Å². The maximum atomic E-state index is 13.4. The Labute approximate surface area is 220 Å². The van der Waals surface area contributed by atoms with Crippen molar-refractivity contribution in [3.8, 4) is 11.5 Å². The van der Waals surface area contributed by atoms with Crippen LogP contribution in [-0.4, -0.2) is 40.4 Å². The van der Waals surface area contributed by atoms with Gasteiger partial charge in [-0.2, -0.15) is 0 Å². The van der Waals surface area contributed by atoms with Crippen molar-refractivity contribution in [2.24, 2.45) is 0 Å². The number of likely N-dealkylation sites (tertiary alicyclic amines) is 1. The largest absolute Gasteiger partial charge is 0.507 e. The number of hydrogen-bond donors (Lipinski definition) is 1. The normalized spacial score (nSPS) is 16.6. The van der Waals surface area contributed by atoms with Gasteiger partial charge in [0.1, 0.15) is 23.9 Å². The summed E-state index contributed by atoms with van der Waals surface area (Å²) in [5.41, 5.74) is 1.86. The molecule has 1 atom stereocenters. The van der Waals surface area contributed by atoms with Crippen LogP contribution < -0.4 is 9.47 Å². The van der Waals surface area contributed by atoms with Gasteiger partial charge in [-0.25, -0.2) is 0 Å². The van der Waals surface area contributed by atoms with Gasteiger partial charge in [-0.15, -0.1) is 0 Å². The zero-order valence-corrected chi connectivity index (χ0v) is 20.8. The molecule has 0 bridgehead atoms. The van der Waals surface area contributed by atoms with Gasteiger partial charge in [0.15, 0.2) is 0 Å². The molecule has 0 radical (unpaired) electrons. The fourth-order valence-corrected chi connectivity index (χ4v) is 4.66. The van der Waals surface area contributed by atoms with Crippen LogP contribution in [0.2, 0.25) is 0 Å². The highest BCUT2D eigenvalue weighted by Crippen LogP contribution is 2.41. The van der Waals surface area contributed by atoms with Crippen molar-refractivity contribution >= 4 is 28.2 Å². The third-order valence-corrected chi connectivity index (χ3v) is 6.48. The van der Waals surface area contributed by atoms with E-state index >= 15 is 0 Å². The molecule has 190 valence electrons. The number of carbonyl (C=O) groups is 2. The summed E-state index contributed by atoms with van der Waals surface area (Å²) in [5.74, 6) is -0.396. The first kappa shape index (κ1) is 24.8. The molecule has 1 fully saturated rings. The number of aliphatic hydroxyl groups excluding tert-OH is 1. The predicted octanol–water partition coefficient (Wildman–Crippen LogP) is 5.43. The number of carbonyl (C=O) groups excluding carboxylic acids is 2. The number of ketones is 1. The molecule has 3 aromatic carbocycles. The summed E-state index contributed by atoms with van der Waals surface area (Å²) in [4.78, 5) is 32.4. The molecule has 7 heteroatoms. The van der Waals surface area contributed by atoms with E-state index in [2.05, 4.69) is 11.6 Å². The van der Waals surface area contributed by atoms with E-state index in [1.165, 1.54) is 4.90 Å². The van der Waals surface area contributed by atoms with Crippen molar-refractivity contribution in [1.82, 2.24) is 9.88 Å². The lowest BCUT2D eigenvalue weighted by atomic mass is 9.94. The minimum atomic E-state index is -0.825. The van der Waals surface area contributed by atoms with E-state index in [-0.39, 0.29) is 17.9 Å². The van der Waals surface area contributed by atoms with Crippen LogP contribution in [0.25, 0.3) is 16.5 Å². The average Bonchev–Trinajstić information content (AvgIpc) is 3.20. The second kappa shape index (κ2) is 10.6. The van der Waals surface area contributed by atoms with Gasteiger partial charge in [0.05, 0.1) is 18.7 Å². The molecule has 7 nitrogen and oxygen atoms in total. The number of nitrogens with zero attached hydrogens (tertiary/aromatic N) is 2. The first-order valence-electron chi connectivity index (χ1n) is 12.1. The van der Waals surface area contributed by atoms with Crippen molar-refractivity contribution in [2.75, 3.05) is 13.7 Å². The molecule has 1 N–H and O–H groups in total. The summed E-state index contributed by atoms with van der Waals surface area (Å²) in [6.07, 6.45) is 4.93. The molecule has 38 heavy (non-hydrogen) atoms. The summed E-state index contributed by atoms with van der Waals surface area (Å²) in [6.45, 7) is 4.13. The van der Waals surface area contributed by atoms with E-state index in [0.717, 1.165) is 16.3 Å². The maximum Gasteiger partial charge on any atom is 0.295 e. The van der Waals surface area contributed by atoms with Gasteiger partial charge in [0, 0.05) is 24.5 Å². The lowest BCUT2D eigenvalue weighted by Gasteiger charge is -2.25. The summed E-state index contributed by atoms with van der Waals surface area (Å²) in [6, 6.07) is 20.9. The molecule has 1 aliphatic rings. The molecular weight excluding hydrogens is 480 g/mol. The number of methoxy groups -OCH3 is 1. The molecule has 1 amide bonds. The van der Waals surface area contributed by atoms with E-state index in [0.29, 0.717) is 29.2 Å². The lowest BCUT2D eigenvalue weighted by Crippen LogP contribution is -2.29. The second-order valence-corrected chi connectivity index (χ2v) is 8.89. The smallest absolute Gasteiger partial charge is 0.295 e. The molecule has 1 aliphatic heterocycles. The quantitative estimate of drug-likeness (QED) is 0.148. The molecule has 5 rings (SSSR count). The lowest BCUT2D eigenvalue weighted by molar-refractivity contribution is -0.140. The van der Waals surface area contributed by atoms with E-state index in [4.69, 9.17) is 9.47 Å². The Balaban J connectivity index is 1.64. The van der Waals surface area contributed by atoms with Crippen molar-refractivity contribution < 1.29 is 24.2 Å². The minimum absolute atomic E-state index is 0.0209. The Morgan fingerprint density at radius 1 is 1.03 bits per heavy atom. The van der Waals surface area contributed by atoms with E-state index < -0.39 is 17.7 Å². The van der Waals surface area contributed by atoms with Gasteiger partial charge in [-0.1, -0.05) is 49.1 Å². The zero-order valence-electron chi connectivity index (χ0n) is 20.8. The van der Waals surface area contributed by atoms with Crippen LogP contribution in [0.3, 0.4) is 0 Å². The number of ether oxygens (including phenoxy) is 2. The molecule has 4 aromatic rings. The van der Waals surface area contributed by atoms with Crippen LogP contribution in [0.15, 0.2) is 103 Å². The van der Waals surface area contributed by atoms with Crippen LogP contribution in [0.4, 0.5) is 0 Å². The number of rotatable bonds is 8. The number of aliphatic hydroxyl groups is 1. The Morgan fingerprint density at radius 2 is 1.84 bits per heavy atom. The summed E-state index contributed by atoms with van der Waals surface area (Å²) >= 11 is 0. The third kappa shape index (κ3) is 4.74. The van der Waals surface area contributed by atoms with Gasteiger partial charge in [-0.3, -0.25) is 14.6 Å². The number of fused-ring (bicyclic) bond motifs is 1. The number of amides is 1. The highest BCUT2D eigenvalue weighted by atomic mass is 16.5. The summed E-state index contributed by atoms with van der Waals surface area (Å²) < 4.78 is 11.0. The maximum absolute atomic E-state index is 13.4. The van der Waals surface area contributed by atoms with Crippen LogP contribution in [0.1, 0.15) is 22.7 Å². The van der Waals surface area contributed by atoms with Crippen LogP contribution in [-0.2, 0) is 16.1 Å². The zero-order chi connectivity index (χ0) is 26.6. The minimum Gasteiger partial charge on any atom is -0.507 e. The summed E-state index contributed by atoms with van der Waals surface area (Å²) in [7, 11) is 1.60. The first-order valence-corrected chi connectivity index (χ1v) is 12.1. The van der Waals surface area contributed by atoms with E-state index in [1.807, 2.05) is 36.4 Å². The molecule has 2 heterocycles. The summed E-state index contributed by atoms with van der Waals surface area (Å²) in [5, 5.41) is 13.3. The standard InChI is InChI=1S/C31H26N2O5/c1-3-14-38-26-8-4-7-23(17-26)28-27(30(35)31(36)33(28)19-20-6-5-13-32-18-20)29(34)24-10-9-22-16-25(37-2)12-11-21(22)15-24/h3-13,15-18,28,34H,1,14,19H2,2H3/b29-27+. The highest BCUT2D eigenvalue weighted by molar-refractivity contribution is 6.46. The van der Waals surface area contributed by atoms with Gasteiger partial charge in [0.2, 0.25) is 0 Å². The average molecular weight is 507 g/mol. The van der Waals surface area contributed by atoms with Gasteiger partial charge < -0.3 is 19.5 Å².